The van der Waals surface area contributed by atoms with Crippen LogP contribution in [-0.2, 0) is 0 Å². The molecule has 5 rings (SSSR count). The number of nitrogens with zero attached hydrogens (tertiary/aromatic N) is 4. The maximum Gasteiger partial charge on any atom is 0.335 e. The fourth-order valence-corrected chi connectivity index (χ4v) is 3.93. The molecule has 2 amide bonds. The van der Waals surface area contributed by atoms with E-state index in [4.69, 9.17) is 10.8 Å². The summed E-state index contributed by atoms with van der Waals surface area (Å²) >= 11 is 0. The molecule has 0 saturated heterocycles. The van der Waals surface area contributed by atoms with Gasteiger partial charge in [-0.1, -0.05) is 78.9 Å². The number of para-hydroxylation sites is 1. The molecule has 1 aromatic heterocycles. The van der Waals surface area contributed by atoms with Crippen molar-refractivity contribution in [1.82, 2.24) is 14.8 Å². The lowest BCUT2D eigenvalue weighted by Crippen LogP contribution is -2.32. The largest absolute Gasteiger partial charge is 0.350 e. The van der Waals surface area contributed by atoms with Crippen LogP contribution in [0, 0.1) is 0 Å². The molecule has 3 aromatic carbocycles. The van der Waals surface area contributed by atoms with Crippen molar-refractivity contribution in [3.05, 3.63) is 108 Å². The van der Waals surface area contributed by atoms with Crippen LogP contribution in [-0.4, -0.2) is 26.5 Å². The number of rotatable bonds is 4. The summed E-state index contributed by atoms with van der Waals surface area (Å²) in [6, 6.07) is 28.8. The van der Waals surface area contributed by atoms with Crippen molar-refractivity contribution in [1.29, 1.82) is 0 Å². The van der Waals surface area contributed by atoms with Gasteiger partial charge < -0.3 is 5.73 Å². The first kappa shape index (κ1) is 18.8. The molecule has 1 atom stereocenters. The minimum Gasteiger partial charge on any atom is -0.350 e. The van der Waals surface area contributed by atoms with Crippen LogP contribution in [0.4, 0.5) is 4.79 Å². The van der Waals surface area contributed by atoms with Crippen molar-refractivity contribution in [2.75, 3.05) is 0 Å². The highest BCUT2D eigenvalue weighted by Gasteiger charge is 2.35. The van der Waals surface area contributed by atoms with Gasteiger partial charge in [0, 0.05) is 23.7 Å². The molecular weight excluding hydrogens is 386 g/mol. The first-order valence-corrected chi connectivity index (χ1v) is 10.1. The number of hydrogen-bond donors (Lipinski definition) is 1. The standard InChI is InChI=1S/C25H21N5O/c26-25(31)30-23(16-22(27-30)18-10-4-1-5-11-18)21-17-29(20-14-8-3-9-15-20)28-24(21)19-12-6-2-7-13-19/h1-15,17,23H,16H2,(H2,26,31). The third-order valence-corrected chi connectivity index (χ3v) is 5.41. The maximum atomic E-state index is 12.3. The minimum atomic E-state index is -0.581. The second-order valence-electron chi connectivity index (χ2n) is 7.39. The summed E-state index contributed by atoms with van der Waals surface area (Å²) in [6.45, 7) is 0. The molecule has 31 heavy (non-hydrogen) atoms. The molecule has 1 unspecified atom stereocenters. The van der Waals surface area contributed by atoms with Crippen LogP contribution in [0.1, 0.15) is 23.6 Å². The summed E-state index contributed by atoms with van der Waals surface area (Å²) in [4.78, 5) is 12.3. The lowest BCUT2D eigenvalue weighted by Gasteiger charge is -2.19. The van der Waals surface area contributed by atoms with Crippen molar-refractivity contribution >= 4 is 11.7 Å². The predicted octanol–water partition coefficient (Wildman–Crippen LogP) is 4.77. The fourth-order valence-electron chi connectivity index (χ4n) is 3.93. The molecule has 2 heterocycles. The molecule has 6 nitrogen and oxygen atoms in total. The Balaban J connectivity index is 1.62. The number of amides is 2. The molecule has 0 aliphatic carbocycles. The fraction of sp³-hybridized carbons (Fsp3) is 0.0800. The summed E-state index contributed by atoms with van der Waals surface area (Å²) < 4.78 is 1.84. The second-order valence-corrected chi connectivity index (χ2v) is 7.39. The first-order valence-electron chi connectivity index (χ1n) is 10.1. The van der Waals surface area contributed by atoms with Gasteiger partial charge in [0.1, 0.15) is 0 Å². The lowest BCUT2D eigenvalue weighted by molar-refractivity contribution is 0.196. The molecule has 0 radical (unpaired) electrons. The van der Waals surface area contributed by atoms with Crippen LogP contribution in [0.25, 0.3) is 16.9 Å². The van der Waals surface area contributed by atoms with E-state index in [9.17, 15) is 4.79 Å². The Morgan fingerprint density at radius 3 is 2.03 bits per heavy atom. The van der Waals surface area contributed by atoms with E-state index in [0.717, 1.165) is 33.8 Å². The van der Waals surface area contributed by atoms with E-state index in [-0.39, 0.29) is 6.04 Å². The van der Waals surface area contributed by atoms with Gasteiger partial charge in [-0.25, -0.2) is 14.5 Å². The van der Waals surface area contributed by atoms with Gasteiger partial charge in [0.2, 0.25) is 0 Å². The van der Waals surface area contributed by atoms with Crippen molar-refractivity contribution in [2.24, 2.45) is 10.8 Å². The number of primary amides is 1. The number of hydrogen-bond acceptors (Lipinski definition) is 3. The molecule has 1 aliphatic rings. The molecule has 4 aromatic rings. The monoisotopic (exact) mass is 407 g/mol. The average molecular weight is 407 g/mol. The predicted molar refractivity (Wildman–Crippen MR) is 121 cm³/mol. The van der Waals surface area contributed by atoms with Crippen LogP contribution < -0.4 is 5.73 Å². The molecule has 0 bridgehead atoms. The average Bonchev–Trinajstić information content (AvgIpc) is 3.46. The number of carbonyl (C=O) groups is 1. The van der Waals surface area contributed by atoms with Crippen LogP contribution in [0.2, 0.25) is 0 Å². The number of urea groups is 1. The quantitative estimate of drug-likeness (QED) is 0.529. The van der Waals surface area contributed by atoms with E-state index < -0.39 is 6.03 Å². The number of hydrazone groups is 1. The highest BCUT2D eigenvalue weighted by atomic mass is 16.2. The van der Waals surface area contributed by atoms with E-state index in [2.05, 4.69) is 5.10 Å². The SMILES string of the molecule is NC(=O)N1N=C(c2ccccc2)CC1c1cn(-c2ccccc2)nc1-c1ccccc1. The van der Waals surface area contributed by atoms with Crippen molar-refractivity contribution < 1.29 is 4.79 Å². The van der Waals surface area contributed by atoms with E-state index in [1.807, 2.05) is 102 Å². The second kappa shape index (κ2) is 7.91. The Morgan fingerprint density at radius 2 is 1.42 bits per heavy atom. The highest BCUT2D eigenvalue weighted by molar-refractivity contribution is 6.03. The van der Waals surface area contributed by atoms with Crippen LogP contribution in [0.15, 0.2) is 102 Å². The Bertz CT molecular complexity index is 1230. The van der Waals surface area contributed by atoms with Crippen molar-refractivity contribution in [3.8, 4) is 16.9 Å². The van der Waals surface area contributed by atoms with Crippen molar-refractivity contribution in [2.45, 2.75) is 12.5 Å². The summed E-state index contributed by atoms with van der Waals surface area (Å²) in [7, 11) is 0. The number of carbonyl (C=O) groups excluding carboxylic acids is 1. The molecule has 152 valence electrons. The topological polar surface area (TPSA) is 76.5 Å². The van der Waals surface area contributed by atoms with Gasteiger partial charge >= 0.3 is 6.03 Å². The smallest absolute Gasteiger partial charge is 0.335 e. The van der Waals surface area contributed by atoms with Gasteiger partial charge in [0.25, 0.3) is 0 Å². The molecule has 0 fully saturated rings. The van der Waals surface area contributed by atoms with Crippen LogP contribution in [0.5, 0.6) is 0 Å². The van der Waals surface area contributed by atoms with E-state index in [0.29, 0.717) is 6.42 Å². The summed E-state index contributed by atoms with van der Waals surface area (Å²) in [6.07, 6.45) is 2.54. The van der Waals surface area contributed by atoms with E-state index in [1.54, 1.807) is 0 Å². The molecular formula is C25H21N5O. The molecule has 0 saturated carbocycles. The van der Waals surface area contributed by atoms with E-state index >= 15 is 0 Å². The summed E-state index contributed by atoms with van der Waals surface area (Å²) in [5.74, 6) is 0. The molecule has 1 aliphatic heterocycles. The number of benzene rings is 3. The first-order chi connectivity index (χ1) is 15.2. The van der Waals surface area contributed by atoms with Gasteiger partial charge in [-0.05, 0) is 17.7 Å². The van der Waals surface area contributed by atoms with E-state index in [1.165, 1.54) is 5.01 Å². The summed E-state index contributed by atoms with van der Waals surface area (Å²) in [5, 5.41) is 10.8. The highest BCUT2D eigenvalue weighted by Crippen LogP contribution is 2.38. The Labute approximate surface area is 180 Å². The zero-order valence-corrected chi connectivity index (χ0v) is 16.8. The molecule has 0 spiro atoms. The van der Waals surface area contributed by atoms with Gasteiger partial charge in [0.15, 0.2) is 0 Å². The van der Waals surface area contributed by atoms with Crippen molar-refractivity contribution in [3.63, 3.8) is 0 Å². The minimum absolute atomic E-state index is 0.333. The Morgan fingerprint density at radius 1 is 0.839 bits per heavy atom. The maximum absolute atomic E-state index is 12.3. The van der Waals surface area contributed by atoms with Gasteiger partial charge in [-0.2, -0.15) is 10.2 Å². The zero-order chi connectivity index (χ0) is 21.2. The molecule has 2 N–H and O–H groups in total. The molecule has 6 heteroatoms. The van der Waals surface area contributed by atoms with Gasteiger partial charge in [0.05, 0.1) is 23.1 Å². The van der Waals surface area contributed by atoms with Crippen LogP contribution in [0.3, 0.4) is 0 Å². The van der Waals surface area contributed by atoms with Gasteiger partial charge in [-0.3, -0.25) is 0 Å². The third-order valence-electron chi connectivity index (χ3n) is 5.41. The normalized spacial score (nSPS) is 15.7. The lowest BCUT2D eigenvalue weighted by atomic mass is 9.96. The Kier molecular flexibility index (Phi) is 4.80. The van der Waals surface area contributed by atoms with Crippen LogP contribution >= 0.6 is 0 Å². The summed E-state index contributed by atoms with van der Waals surface area (Å²) in [5.41, 5.74) is 11.2. The third kappa shape index (κ3) is 3.59. The van der Waals surface area contributed by atoms with Gasteiger partial charge in [-0.15, -0.1) is 0 Å². The zero-order valence-electron chi connectivity index (χ0n) is 16.8. The Hall–Kier alpha value is -4.19. The number of aromatic nitrogens is 2. The number of nitrogens with two attached hydrogens (primary N) is 1.